The minimum absolute atomic E-state index is 0.0463. The molecule has 0 radical (unpaired) electrons. The van der Waals surface area contributed by atoms with Gasteiger partial charge in [0.25, 0.3) is 0 Å². The highest BCUT2D eigenvalue weighted by atomic mass is 32.2. The molecular formula is C21H18O4S. The Bertz CT molecular complexity index is 923. The van der Waals surface area contributed by atoms with Crippen molar-refractivity contribution in [3.63, 3.8) is 0 Å². The van der Waals surface area contributed by atoms with Crippen molar-refractivity contribution in [1.82, 2.24) is 0 Å². The van der Waals surface area contributed by atoms with E-state index in [-0.39, 0.29) is 11.7 Å². The molecule has 0 bridgehead atoms. The fourth-order valence-electron chi connectivity index (χ4n) is 3.11. The zero-order valence-corrected chi connectivity index (χ0v) is 14.8. The number of ether oxygens (including phenoxy) is 2. The maximum absolute atomic E-state index is 11.0. The van der Waals surface area contributed by atoms with Gasteiger partial charge in [0, 0.05) is 17.5 Å². The van der Waals surface area contributed by atoms with E-state index in [1.807, 2.05) is 60.7 Å². The van der Waals surface area contributed by atoms with Crippen LogP contribution in [0.1, 0.15) is 11.5 Å². The molecule has 0 spiro atoms. The third-order valence-corrected chi connectivity index (χ3v) is 5.09. The Labute approximate surface area is 154 Å². The topological polar surface area (TPSA) is 55.8 Å². The smallest absolute Gasteiger partial charge is 0.153 e. The number of hydrogen-bond acceptors (Lipinski definition) is 3. The molecule has 1 heterocycles. The summed E-state index contributed by atoms with van der Waals surface area (Å²) in [6, 6.07) is 23.7. The van der Waals surface area contributed by atoms with Crippen LogP contribution in [0.5, 0.6) is 17.2 Å². The highest BCUT2D eigenvalue weighted by Gasteiger charge is 2.26. The summed E-state index contributed by atoms with van der Waals surface area (Å²) in [4.78, 5) is 0. The van der Waals surface area contributed by atoms with E-state index in [2.05, 4.69) is 12.1 Å². The lowest BCUT2D eigenvalue weighted by atomic mass is 10.0. The lowest BCUT2D eigenvalue weighted by molar-refractivity contribution is 0.336. The summed E-state index contributed by atoms with van der Waals surface area (Å²) in [5, 5.41) is 0. The second kappa shape index (κ2) is 7.32. The van der Waals surface area contributed by atoms with Gasteiger partial charge in [-0.3, -0.25) is 0 Å². The van der Waals surface area contributed by atoms with Crippen LogP contribution in [0.15, 0.2) is 72.8 Å². The van der Waals surface area contributed by atoms with Crippen molar-refractivity contribution in [1.29, 1.82) is 0 Å². The molecule has 2 unspecified atom stereocenters. The van der Waals surface area contributed by atoms with Gasteiger partial charge in [-0.1, -0.05) is 48.5 Å². The first kappa shape index (κ1) is 16.8. The summed E-state index contributed by atoms with van der Waals surface area (Å²) < 4.78 is 31.7. The Hall–Kier alpha value is -2.63. The summed E-state index contributed by atoms with van der Waals surface area (Å²) >= 11 is -1.83. The Morgan fingerprint density at radius 2 is 1.65 bits per heavy atom. The Kier molecular flexibility index (Phi) is 4.73. The first-order chi connectivity index (χ1) is 12.7. The monoisotopic (exact) mass is 366 g/mol. The van der Waals surface area contributed by atoms with Crippen molar-refractivity contribution in [2.75, 3.05) is 12.4 Å². The van der Waals surface area contributed by atoms with Gasteiger partial charge in [0.15, 0.2) is 11.1 Å². The standard InChI is InChI=1S/C21H18O4S/c22-26(23)14-17-13-24-21-12-19(10-11-20(17)21)25-18-8-6-16(7-9-18)15-4-2-1-3-5-15/h1-12,17H,13-14H2,(H,22,23). The van der Waals surface area contributed by atoms with E-state index < -0.39 is 11.1 Å². The molecule has 132 valence electrons. The van der Waals surface area contributed by atoms with Gasteiger partial charge in [-0.05, 0) is 29.3 Å². The van der Waals surface area contributed by atoms with E-state index in [4.69, 9.17) is 14.0 Å². The molecule has 0 saturated heterocycles. The predicted molar refractivity (Wildman–Crippen MR) is 102 cm³/mol. The van der Waals surface area contributed by atoms with Crippen LogP contribution in [-0.4, -0.2) is 21.1 Å². The molecule has 3 aromatic rings. The molecule has 5 heteroatoms. The molecule has 3 aromatic carbocycles. The van der Waals surface area contributed by atoms with E-state index in [0.717, 1.165) is 28.2 Å². The SMILES string of the molecule is O=S(O)CC1COc2cc(Oc3ccc(-c4ccccc4)cc3)ccc21. The molecule has 4 rings (SSSR count). The van der Waals surface area contributed by atoms with Gasteiger partial charge in [0.1, 0.15) is 17.2 Å². The van der Waals surface area contributed by atoms with Gasteiger partial charge in [-0.2, -0.15) is 0 Å². The fourth-order valence-corrected chi connectivity index (χ4v) is 3.73. The van der Waals surface area contributed by atoms with Crippen LogP contribution in [0, 0.1) is 0 Å². The lowest BCUT2D eigenvalue weighted by Crippen LogP contribution is -2.10. The molecule has 0 amide bonds. The highest BCUT2D eigenvalue weighted by Crippen LogP contribution is 2.38. The molecule has 0 aliphatic carbocycles. The van der Waals surface area contributed by atoms with Crippen LogP contribution in [0.4, 0.5) is 0 Å². The molecule has 0 aromatic heterocycles. The van der Waals surface area contributed by atoms with Crippen LogP contribution in [0.25, 0.3) is 11.1 Å². The van der Waals surface area contributed by atoms with Crippen LogP contribution < -0.4 is 9.47 Å². The summed E-state index contributed by atoms with van der Waals surface area (Å²) in [5.41, 5.74) is 3.26. The zero-order chi connectivity index (χ0) is 17.9. The van der Waals surface area contributed by atoms with Gasteiger partial charge < -0.3 is 14.0 Å². The van der Waals surface area contributed by atoms with Crippen LogP contribution in [0.3, 0.4) is 0 Å². The minimum atomic E-state index is -1.83. The van der Waals surface area contributed by atoms with Crippen molar-refractivity contribution in [3.05, 3.63) is 78.4 Å². The minimum Gasteiger partial charge on any atom is -0.492 e. The number of hydrogen-bond donors (Lipinski definition) is 1. The summed E-state index contributed by atoms with van der Waals surface area (Å²) in [6.07, 6.45) is 0. The van der Waals surface area contributed by atoms with Crippen molar-refractivity contribution in [2.45, 2.75) is 5.92 Å². The van der Waals surface area contributed by atoms with E-state index in [1.54, 1.807) is 0 Å². The van der Waals surface area contributed by atoms with E-state index >= 15 is 0 Å². The third-order valence-electron chi connectivity index (χ3n) is 4.41. The van der Waals surface area contributed by atoms with Crippen LogP contribution in [0.2, 0.25) is 0 Å². The highest BCUT2D eigenvalue weighted by molar-refractivity contribution is 7.79. The third kappa shape index (κ3) is 3.64. The molecular weight excluding hydrogens is 348 g/mol. The Balaban J connectivity index is 1.49. The first-order valence-corrected chi connectivity index (χ1v) is 9.64. The normalized spacial score (nSPS) is 16.6. The number of fused-ring (bicyclic) bond motifs is 1. The largest absolute Gasteiger partial charge is 0.492 e. The average molecular weight is 366 g/mol. The van der Waals surface area contributed by atoms with Gasteiger partial charge >= 0.3 is 0 Å². The summed E-state index contributed by atoms with van der Waals surface area (Å²) in [6.45, 7) is 0.427. The summed E-state index contributed by atoms with van der Waals surface area (Å²) in [7, 11) is 0. The molecule has 26 heavy (non-hydrogen) atoms. The average Bonchev–Trinajstić information content (AvgIpc) is 3.04. The second-order valence-electron chi connectivity index (χ2n) is 6.19. The lowest BCUT2D eigenvalue weighted by Gasteiger charge is -2.09. The van der Waals surface area contributed by atoms with Crippen molar-refractivity contribution in [2.24, 2.45) is 0 Å². The quantitative estimate of drug-likeness (QED) is 0.656. The van der Waals surface area contributed by atoms with Crippen molar-refractivity contribution >= 4 is 11.1 Å². The van der Waals surface area contributed by atoms with E-state index in [1.165, 1.54) is 0 Å². The molecule has 1 N–H and O–H groups in total. The van der Waals surface area contributed by atoms with Crippen molar-refractivity contribution in [3.8, 4) is 28.4 Å². The van der Waals surface area contributed by atoms with Crippen molar-refractivity contribution < 1.29 is 18.2 Å². The fraction of sp³-hybridized carbons (Fsp3) is 0.143. The van der Waals surface area contributed by atoms with E-state index in [0.29, 0.717) is 12.4 Å². The second-order valence-corrected chi connectivity index (χ2v) is 7.16. The maximum Gasteiger partial charge on any atom is 0.153 e. The van der Waals surface area contributed by atoms with Gasteiger partial charge in [0.05, 0.1) is 12.4 Å². The van der Waals surface area contributed by atoms with Crippen LogP contribution in [-0.2, 0) is 11.1 Å². The van der Waals surface area contributed by atoms with Crippen LogP contribution >= 0.6 is 0 Å². The molecule has 2 atom stereocenters. The van der Waals surface area contributed by atoms with Gasteiger partial charge in [-0.15, -0.1) is 0 Å². The summed E-state index contributed by atoms with van der Waals surface area (Å²) in [5.74, 6) is 2.29. The zero-order valence-electron chi connectivity index (χ0n) is 14.0. The van der Waals surface area contributed by atoms with E-state index in [9.17, 15) is 4.21 Å². The van der Waals surface area contributed by atoms with Gasteiger partial charge in [0.2, 0.25) is 0 Å². The molecule has 4 nitrogen and oxygen atoms in total. The molecule has 1 aliphatic heterocycles. The Morgan fingerprint density at radius 3 is 2.38 bits per heavy atom. The molecule has 1 aliphatic rings. The number of rotatable bonds is 5. The Morgan fingerprint density at radius 1 is 0.962 bits per heavy atom. The molecule has 0 fully saturated rings. The maximum atomic E-state index is 11.0. The number of benzene rings is 3. The predicted octanol–water partition coefficient (Wildman–Crippen LogP) is 4.84. The molecule has 0 saturated carbocycles. The van der Waals surface area contributed by atoms with Gasteiger partial charge in [-0.25, -0.2) is 4.21 Å². The first-order valence-electron chi connectivity index (χ1n) is 8.36.